The van der Waals surface area contributed by atoms with Crippen molar-refractivity contribution in [2.45, 2.75) is 37.1 Å². The highest BCUT2D eigenvalue weighted by atomic mass is 19.4. The molecule has 4 heterocycles. The summed E-state index contributed by atoms with van der Waals surface area (Å²) in [4.78, 5) is 35.6. The Kier molecular flexibility index (Phi) is 7.23. The number of carbonyl (C=O) groups excluding carboxylic acids is 1. The van der Waals surface area contributed by atoms with E-state index in [4.69, 9.17) is 19.4 Å². The minimum absolute atomic E-state index is 0.0403. The molecule has 0 saturated carbocycles. The zero-order valence-corrected chi connectivity index (χ0v) is 16.9. The number of carbonyl (C=O) groups is 2. The van der Waals surface area contributed by atoms with E-state index < -0.39 is 12.1 Å². The molecule has 1 spiro atoms. The van der Waals surface area contributed by atoms with Gasteiger partial charge in [0.1, 0.15) is 11.8 Å². The second-order valence-electron chi connectivity index (χ2n) is 7.33. The van der Waals surface area contributed by atoms with Crippen LogP contribution in [0.1, 0.15) is 29.8 Å². The number of aromatic nitrogens is 3. The van der Waals surface area contributed by atoms with E-state index in [0.29, 0.717) is 31.3 Å². The van der Waals surface area contributed by atoms with Gasteiger partial charge < -0.3 is 19.5 Å². The zero-order valence-electron chi connectivity index (χ0n) is 16.9. The van der Waals surface area contributed by atoms with Crippen molar-refractivity contribution in [1.29, 1.82) is 0 Å². The number of hydrogen-bond donors (Lipinski definition) is 1. The number of pyridine rings is 1. The smallest absolute Gasteiger partial charge is 0.475 e. The van der Waals surface area contributed by atoms with Crippen molar-refractivity contribution in [1.82, 2.24) is 19.9 Å². The number of halogens is 3. The number of carboxylic acid groups (broad SMARTS) is 1. The normalized spacial score (nSPS) is 22.7. The first-order valence-corrected chi connectivity index (χ1v) is 9.76. The lowest BCUT2D eigenvalue weighted by Gasteiger charge is -2.39. The van der Waals surface area contributed by atoms with E-state index in [-0.39, 0.29) is 17.6 Å². The molecule has 9 nitrogen and oxygen atoms in total. The molecule has 2 aliphatic rings. The van der Waals surface area contributed by atoms with Gasteiger partial charge in [0.2, 0.25) is 5.88 Å². The van der Waals surface area contributed by atoms with E-state index in [9.17, 15) is 18.0 Å². The fraction of sp³-hybridized carbons (Fsp3) is 0.450. The summed E-state index contributed by atoms with van der Waals surface area (Å²) in [6.45, 7) is 1.79. The molecule has 2 aromatic heterocycles. The van der Waals surface area contributed by atoms with Gasteiger partial charge in [0, 0.05) is 37.6 Å². The predicted molar refractivity (Wildman–Crippen MR) is 103 cm³/mol. The van der Waals surface area contributed by atoms with Gasteiger partial charge in [-0.1, -0.05) is 6.07 Å². The van der Waals surface area contributed by atoms with Crippen LogP contribution in [-0.2, 0) is 9.53 Å². The van der Waals surface area contributed by atoms with Crippen LogP contribution in [0.15, 0.2) is 43.0 Å². The van der Waals surface area contributed by atoms with Crippen LogP contribution in [0.25, 0.3) is 0 Å². The summed E-state index contributed by atoms with van der Waals surface area (Å²) in [6, 6.07) is 5.60. The van der Waals surface area contributed by atoms with Gasteiger partial charge in [0.15, 0.2) is 0 Å². The zero-order chi connectivity index (χ0) is 23.2. The lowest BCUT2D eigenvalue weighted by atomic mass is 9.89. The third kappa shape index (κ3) is 6.13. The number of nitrogens with zero attached hydrogens (tertiary/aromatic N) is 4. The molecule has 2 saturated heterocycles. The topological polar surface area (TPSA) is 115 Å². The Hall–Kier alpha value is -3.28. The summed E-state index contributed by atoms with van der Waals surface area (Å²) in [7, 11) is 0. The highest BCUT2D eigenvalue weighted by molar-refractivity contribution is 5.92. The fourth-order valence-electron chi connectivity index (χ4n) is 3.59. The maximum Gasteiger partial charge on any atom is 0.490 e. The molecule has 172 valence electrons. The Labute approximate surface area is 181 Å². The Bertz CT molecular complexity index is 916. The van der Waals surface area contributed by atoms with Crippen molar-refractivity contribution >= 4 is 11.9 Å². The van der Waals surface area contributed by atoms with Gasteiger partial charge in [-0.2, -0.15) is 13.2 Å². The molecular weight excluding hydrogens is 433 g/mol. The average molecular weight is 454 g/mol. The molecule has 0 bridgehead atoms. The molecule has 1 N–H and O–H groups in total. The average Bonchev–Trinajstić information content (AvgIpc) is 3.15. The summed E-state index contributed by atoms with van der Waals surface area (Å²) in [6.07, 6.45) is 3.79. The molecule has 2 aromatic rings. The van der Waals surface area contributed by atoms with Crippen LogP contribution in [0.5, 0.6) is 5.88 Å². The number of aliphatic carboxylic acids is 1. The number of carboxylic acids is 1. The Morgan fingerprint density at radius 2 is 2.00 bits per heavy atom. The number of amides is 1. The largest absolute Gasteiger partial charge is 0.490 e. The van der Waals surface area contributed by atoms with Crippen molar-refractivity contribution < 1.29 is 37.3 Å². The summed E-state index contributed by atoms with van der Waals surface area (Å²) in [5.74, 6) is -2.24. The van der Waals surface area contributed by atoms with Gasteiger partial charge in [0.25, 0.3) is 5.91 Å². The summed E-state index contributed by atoms with van der Waals surface area (Å²) >= 11 is 0. The molecule has 32 heavy (non-hydrogen) atoms. The lowest BCUT2D eigenvalue weighted by Crippen LogP contribution is -2.50. The number of rotatable bonds is 3. The Balaban J connectivity index is 0.000000360. The molecule has 2 aliphatic heterocycles. The quantitative estimate of drug-likeness (QED) is 0.752. The number of piperidine rings is 1. The second-order valence-corrected chi connectivity index (χ2v) is 7.33. The van der Waals surface area contributed by atoms with Crippen LogP contribution in [0, 0.1) is 0 Å². The third-order valence-electron chi connectivity index (χ3n) is 4.95. The van der Waals surface area contributed by atoms with Crippen LogP contribution in [-0.4, -0.2) is 74.4 Å². The van der Waals surface area contributed by atoms with Gasteiger partial charge in [-0.05, 0) is 18.9 Å². The maximum absolute atomic E-state index is 12.6. The molecule has 2 fully saturated rings. The van der Waals surface area contributed by atoms with E-state index in [2.05, 4.69) is 15.0 Å². The van der Waals surface area contributed by atoms with E-state index in [1.807, 2.05) is 23.1 Å². The minimum Gasteiger partial charge on any atom is -0.475 e. The van der Waals surface area contributed by atoms with Crippen molar-refractivity contribution in [3.8, 4) is 5.88 Å². The molecule has 0 aliphatic carbocycles. The molecule has 0 aromatic carbocycles. The van der Waals surface area contributed by atoms with Gasteiger partial charge in [0.05, 0.1) is 24.9 Å². The lowest BCUT2D eigenvalue weighted by molar-refractivity contribution is -0.192. The summed E-state index contributed by atoms with van der Waals surface area (Å²) < 4.78 is 43.8. The van der Waals surface area contributed by atoms with Crippen LogP contribution >= 0.6 is 0 Å². The van der Waals surface area contributed by atoms with Crippen molar-refractivity contribution in [2.24, 2.45) is 0 Å². The van der Waals surface area contributed by atoms with Gasteiger partial charge in [-0.3, -0.25) is 9.78 Å². The molecule has 0 radical (unpaired) electrons. The van der Waals surface area contributed by atoms with Crippen molar-refractivity contribution in [3.63, 3.8) is 0 Å². The predicted octanol–water partition coefficient (Wildman–Crippen LogP) is 2.35. The molecular formula is C20H21F3N4O5. The molecule has 12 heteroatoms. The standard InChI is InChI=1S/C18H20N4O3.C2HF3O2/c23-17(15-11-19-7-8-20-15)22-9-3-5-18(13-22)10-14(12-24-18)25-16-4-1-2-6-21-16;3-2(4,5)1(6)7/h1-2,4,6-8,11,14H,3,5,9-10,12-13H2;(H,6,7)/t14-,18+;/m1./s1. The highest BCUT2D eigenvalue weighted by Crippen LogP contribution is 2.36. The monoisotopic (exact) mass is 454 g/mol. The van der Waals surface area contributed by atoms with E-state index >= 15 is 0 Å². The second kappa shape index (κ2) is 9.90. The van der Waals surface area contributed by atoms with Gasteiger partial charge >= 0.3 is 12.1 Å². The first kappa shape index (κ1) is 23.4. The number of hydrogen-bond acceptors (Lipinski definition) is 7. The van der Waals surface area contributed by atoms with Crippen LogP contribution < -0.4 is 4.74 Å². The molecule has 1 amide bonds. The number of alkyl halides is 3. The minimum atomic E-state index is -5.08. The molecule has 2 atom stereocenters. The van der Waals surface area contributed by atoms with Crippen molar-refractivity contribution in [2.75, 3.05) is 19.7 Å². The van der Waals surface area contributed by atoms with Gasteiger partial charge in [-0.25, -0.2) is 14.8 Å². The summed E-state index contributed by atoms with van der Waals surface area (Å²) in [5, 5.41) is 7.12. The van der Waals surface area contributed by atoms with Crippen LogP contribution in [0.3, 0.4) is 0 Å². The van der Waals surface area contributed by atoms with Crippen LogP contribution in [0.4, 0.5) is 13.2 Å². The Morgan fingerprint density at radius 3 is 2.62 bits per heavy atom. The first-order chi connectivity index (χ1) is 15.2. The fourth-order valence-corrected chi connectivity index (χ4v) is 3.59. The number of ether oxygens (including phenoxy) is 2. The Morgan fingerprint density at radius 1 is 1.22 bits per heavy atom. The van der Waals surface area contributed by atoms with Gasteiger partial charge in [-0.15, -0.1) is 0 Å². The third-order valence-corrected chi connectivity index (χ3v) is 4.95. The van der Waals surface area contributed by atoms with E-state index in [0.717, 1.165) is 19.3 Å². The first-order valence-electron chi connectivity index (χ1n) is 9.76. The maximum atomic E-state index is 12.6. The van der Waals surface area contributed by atoms with E-state index in [1.54, 1.807) is 12.4 Å². The highest BCUT2D eigenvalue weighted by Gasteiger charge is 2.45. The van der Waals surface area contributed by atoms with Crippen molar-refractivity contribution in [3.05, 3.63) is 48.7 Å². The molecule has 4 rings (SSSR count). The van der Waals surface area contributed by atoms with E-state index in [1.165, 1.54) is 12.4 Å². The van der Waals surface area contributed by atoms with Crippen LogP contribution in [0.2, 0.25) is 0 Å². The SMILES string of the molecule is O=C(O)C(F)(F)F.O=C(c1cnccn1)N1CCC[C@]2(C[C@@H](Oc3ccccn3)CO2)C1. The number of likely N-dealkylation sites (tertiary alicyclic amines) is 1. The molecule has 0 unspecified atom stereocenters. The summed E-state index contributed by atoms with van der Waals surface area (Å²) in [5.41, 5.74) is 0.0362.